The van der Waals surface area contributed by atoms with Crippen molar-refractivity contribution in [3.63, 3.8) is 0 Å². The molecule has 0 bridgehead atoms. The van der Waals surface area contributed by atoms with E-state index in [-0.39, 0.29) is 31.3 Å². The fourth-order valence-corrected chi connectivity index (χ4v) is 2.92. The first kappa shape index (κ1) is 17.4. The van der Waals surface area contributed by atoms with Gasteiger partial charge < -0.3 is 14.7 Å². The average molecular weight is 285 g/mol. The Kier molecular flexibility index (Phi) is 7.52. The van der Waals surface area contributed by atoms with Crippen LogP contribution in [-0.4, -0.2) is 48.3 Å². The molecule has 1 fully saturated rings. The smallest absolute Gasteiger partial charge is 0.248 e. The zero-order chi connectivity index (χ0) is 15.1. The average Bonchev–Trinajstić information content (AvgIpc) is 2.41. The van der Waals surface area contributed by atoms with Crippen molar-refractivity contribution >= 4 is 5.91 Å². The van der Waals surface area contributed by atoms with E-state index < -0.39 is 0 Å². The highest BCUT2D eigenvalue weighted by atomic mass is 16.5. The first-order valence-electron chi connectivity index (χ1n) is 7.92. The molecular weight excluding hydrogens is 254 g/mol. The van der Waals surface area contributed by atoms with E-state index in [1.165, 1.54) is 12.8 Å². The molecular formula is C16H31NO3. The number of hydrogen-bond acceptors (Lipinski definition) is 3. The van der Waals surface area contributed by atoms with Gasteiger partial charge in [0.05, 0.1) is 18.8 Å². The summed E-state index contributed by atoms with van der Waals surface area (Å²) >= 11 is 0. The Labute approximate surface area is 123 Å². The normalized spacial score (nSPS) is 24.7. The molecule has 118 valence electrons. The standard InChI is InChI=1S/C16H31NO3/c1-12(2)8-14(10-18)17(4)16(19)11-20-15-7-5-6-13(3)9-15/h12-15,18H,5-11H2,1-4H3/t13-,14-,15-/m1/s1. The van der Waals surface area contributed by atoms with Crippen LogP contribution in [0.1, 0.15) is 52.9 Å². The third kappa shape index (κ3) is 5.80. The second-order valence-electron chi connectivity index (χ2n) is 6.68. The number of ether oxygens (including phenoxy) is 1. The molecule has 0 heterocycles. The summed E-state index contributed by atoms with van der Waals surface area (Å²) in [5.74, 6) is 1.14. The van der Waals surface area contributed by atoms with Crippen LogP contribution in [0.2, 0.25) is 0 Å². The first-order valence-corrected chi connectivity index (χ1v) is 7.92. The summed E-state index contributed by atoms with van der Waals surface area (Å²) in [5.41, 5.74) is 0. The monoisotopic (exact) mass is 285 g/mol. The highest BCUT2D eigenvalue weighted by Crippen LogP contribution is 2.25. The predicted molar refractivity (Wildman–Crippen MR) is 80.5 cm³/mol. The number of carbonyl (C=O) groups is 1. The summed E-state index contributed by atoms with van der Waals surface area (Å²) in [6, 6.07) is -0.101. The molecule has 0 aromatic rings. The Morgan fingerprint density at radius 2 is 2.10 bits per heavy atom. The zero-order valence-corrected chi connectivity index (χ0v) is 13.5. The molecule has 1 rings (SSSR count). The molecule has 1 N–H and O–H groups in total. The second kappa shape index (κ2) is 8.63. The van der Waals surface area contributed by atoms with Crippen molar-refractivity contribution in [2.45, 2.75) is 65.0 Å². The van der Waals surface area contributed by atoms with Crippen molar-refractivity contribution in [1.82, 2.24) is 4.90 Å². The van der Waals surface area contributed by atoms with Gasteiger partial charge in [-0.05, 0) is 31.1 Å². The van der Waals surface area contributed by atoms with E-state index in [0.29, 0.717) is 11.8 Å². The lowest BCUT2D eigenvalue weighted by Gasteiger charge is -2.30. The molecule has 4 nitrogen and oxygen atoms in total. The van der Waals surface area contributed by atoms with Gasteiger partial charge in [-0.25, -0.2) is 0 Å². The van der Waals surface area contributed by atoms with Gasteiger partial charge in [0.2, 0.25) is 5.91 Å². The molecule has 1 saturated carbocycles. The molecule has 1 amide bonds. The third-order valence-corrected chi connectivity index (χ3v) is 4.23. The molecule has 1 aliphatic rings. The molecule has 4 heteroatoms. The third-order valence-electron chi connectivity index (χ3n) is 4.23. The summed E-state index contributed by atoms with van der Waals surface area (Å²) in [5, 5.41) is 9.41. The van der Waals surface area contributed by atoms with Crippen LogP contribution in [-0.2, 0) is 9.53 Å². The zero-order valence-electron chi connectivity index (χ0n) is 13.5. The molecule has 0 aliphatic heterocycles. The quantitative estimate of drug-likeness (QED) is 0.781. The predicted octanol–water partition coefficient (Wildman–Crippen LogP) is 2.45. The Morgan fingerprint density at radius 1 is 1.40 bits per heavy atom. The van der Waals surface area contributed by atoms with Gasteiger partial charge >= 0.3 is 0 Å². The fourth-order valence-electron chi connectivity index (χ4n) is 2.92. The van der Waals surface area contributed by atoms with Crippen LogP contribution in [0.4, 0.5) is 0 Å². The summed E-state index contributed by atoms with van der Waals surface area (Å²) in [7, 11) is 1.76. The van der Waals surface area contributed by atoms with Crippen LogP contribution in [0.3, 0.4) is 0 Å². The summed E-state index contributed by atoms with van der Waals surface area (Å²) in [6.07, 6.45) is 5.65. The van der Waals surface area contributed by atoms with Gasteiger partial charge in [-0.3, -0.25) is 4.79 Å². The largest absolute Gasteiger partial charge is 0.394 e. The summed E-state index contributed by atoms with van der Waals surface area (Å²) in [6.45, 7) is 6.60. The molecule has 0 spiro atoms. The van der Waals surface area contributed by atoms with Crippen LogP contribution in [0.5, 0.6) is 0 Å². The number of rotatable bonds is 7. The van der Waals surface area contributed by atoms with Crippen LogP contribution in [0, 0.1) is 11.8 Å². The number of carbonyl (C=O) groups excluding carboxylic acids is 1. The number of nitrogens with zero attached hydrogens (tertiary/aromatic N) is 1. The van der Waals surface area contributed by atoms with Crippen molar-refractivity contribution in [3.05, 3.63) is 0 Å². The van der Waals surface area contributed by atoms with E-state index in [1.54, 1.807) is 11.9 Å². The molecule has 20 heavy (non-hydrogen) atoms. The number of amides is 1. The maximum Gasteiger partial charge on any atom is 0.248 e. The van der Waals surface area contributed by atoms with Gasteiger partial charge in [0.15, 0.2) is 0 Å². The van der Waals surface area contributed by atoms with Crippen molar-refractivity contribution in [3.8, 4) is 0 Å². The van der Waals surface area contributed by atoms with E-state index in [4.69, 9.17) is 4.74 Å². The second-order valence-corrected chi connectivity index (χ2v) is 6.68. The van der Waals surface area contributed by atoms with E-state index in [0.717, 1.165) is 19.3 Å². The van der Waals surface area contributed by atoms with Crippen molar-refractivity contribution in [1.29, 1.82) is 0 Å². The topological polar surface area (TPSA) is 49.8 Å². The maximum absolute atomic E-state index is 12.1. The Bertz CT molecular complexity index is 293. The van der Waals surface area contributed by atoms with Crippen LogP contribution in [0.15, 0.2) is 0 Å². The minimum atomic E-state index is -0.101. The highest BCUT2D eigenvalue weighted by molar-refractivity contribution is 5.77. The van der Waals surface area contributed by atoms with Gasteiger partial charge in [0, 0.05) is 7.05 Å². The minimum Gasteiger partial charge on any atom is -0.394 e. The van der Waals surface area contributed by atoms with Crippen LogP contribution >= 0.6 is 0 Å². The number of aliphatic hydroxyl groups is 1. The Balaban J connectivity index is 2.36. The van der Waals surface area contributed by atoms with Gasteiger partial charge in [0.25, 0.3) is 0 Å². The molecule has 3 atom stereocenters. The number of likely N-dealkylation sites (N-methyl/N-ethyl adjacent to an activating group) is 1. The van der Waals surface area contributed by atoms with Gasteiger partial charge in [-0.2, -0.15) is 0 Å². The lowest BCUT2D eigenvalue weighted by atomic mass is 9.89. The maximum atomic E-state index is 12.1. The molecule has 0 aromatic carbocycles. The lowest BCUT2D eigenvalue weighted by Crippen LogP contribution is -2.42. The summed E-state index contributed by atoms with van der Waals surface area (Å²) < 4.78 is 5.76. The van der Waals surface area contributed by atoms with Crippen LogP contribution < -0.4 is 0 Å². The summed E-state index contributed by atoms with van der Waals surface area (Å²) in [4.78, 5) is 13.8. The first-order chi connectivity index (χ1) is 9.43. The van der Waals surface area contributed by atoms with Crippen molar-refractivity contribution < 1.29 is 14.6 Å². The highest BCUT2D eigenvalue weighted by Gasteiger charge is 2.23. The van der Waals surface area contributed by atoms with E-state index in [2.05, 4.69) is 20.8 Å². The molecule has 0 unspecified atom stereocenters. The van der Waals surface area contributed by atoms with E-state index >= 15 is 0 Å². The van der Waals surface area contributed by atoms with Crippen molar-refractivity contribution in [2.75, 3.05) is 20.3 Å². The van der Waals surface area contributed by atoms with Gasteiger partial charge in [0.1, 0.15) is 6.61 Å². The molecule has 0 aromatic heterocycles. The molecule has 1 aliphatic carbocycles. The van der Waals surface area contributed by atoms with Crippen LogP contribution in [0.25, 0.3) is 0 Å². The SMILES string of the molecule is CC(C)C[C@H](CO)N(C)C(=O)CO[C@@H]1CCC[C@@H](C)C1. The fraction of sp³-hybridized carbons (Fsp3) is 0.938. The van der Waals surface area contributed by atoms with Gasteiger partial charge in [-0.15, -0.1) is 0 Å². The minimum absolute atomic E-state index is 0.0148. The molecule has 0 radical (unpaired) electrons. The molecule has 0 saturated heterocycles. The van der Waals surface area contributed by atoms with E-state index in [1.807, 2.05) is 0 Å². The Morgan fingerprint density at radius 3 is 2.65 bits per heavy atom. The number of aliphatic hydroxyl groups excluding tert-OH is 1. The van der Waals surface area contributed by atoms with E-state index in [9.17, 15) is 9.90 Å². The Hall–Kier alpha value is -0.610. The van der Waals surface area contributed by atoms with Gasteiger partial charge in [-0.1, -0.05) is 33.6 Å². The lowest BCUT2D eigenvalue weighted by molar-refractivity contribution is -0.141. The number of hydrogen-bond donors (Lipinski definition) is 1. The van der Waals surface area contributed by atoms with Crippen molar-refractivity contribution in [2.24, 2.45) is 11.8 Å².